The molecule has 0 atom stereocenters. The van der Waals surface area contributed by atoms with Crippen LogP contribution >= 0.6 is 0 Å². The van der Waals surface area contributed by atoms with E-state index in [4.69, 9.17) is 0 Å². The number of halogens is 4. The van der Waals surface area contributed by atoms with Gasteiger partial charge in [0.15, 0.2) is 0 Å². The van der Waals surface area contributed by atoms with Crippen molar-refractivity contribution in [1.82, 2.24) is 10.3 Å². The molecule has 0 aliphatic heterocycles. The van der Waals surface area contributed by atoms with Gasteiger partial charge in [-0.15, -0.1) is 13.2 Å². The van der Waals surface area contributed by atoms with E-state index in [-0.39, 0.29) is 11.4 Å². The standard InChI is InChI=1S/C18H14F4N2O2/c19-13-3-6-16-15(9-13)12(10-24-16)7-8-23-17(25)11-1-4-14(5-2-11)26-18(20,21)22/h1-6,9-10,24H,7-8H2,(H,23,25). The van der Waals surface area contributed by atoms with Gasteiger partial charge >= 0.3 is 6.36 Å². The summed E-state index contributed by atoms with van der Waals surface area (Å²) in [6.07, 6.45) is -2.55. The Morgan fingerprint density at radius 3 is 2.54 bits per heavy atom. The van der Waals surface area contributed by atoms with Gasteiger partial charge in [-0.1, -0.05) is 0 Å². The lowest BCUT2D eigenvalue weighted by molar-refractivity contribution is -0.274. The number of fused-ring (bicyclic) bond motifs is 1. The van der Waals surface area contributed by atoms with E-state index in [1.54, 1.807) is 12.3 Å². The van der Waals surface area contributed by atoms with Crippen LogP contribution in [-0.2, 0) is 6.42 Å². The van der Waals surface area contributed by atoms with E-state index in [2.05, 4.69) is 15.0 Å². The number of rotatable bonds is 5. The quantitative estimate of drug-likeness (QED) is 0.666. The number of carbonyl (C=O) groups excluding carboxylic acids is 1. The minimum Gasteiger partial charge on any atom is -0.406 e. The monoisotopic (exact) mass is 366 g/mol. The van der Waals surface area contributed by atoms with Gasteiger partial charge in [0.05, 0.1) is 0 Å². The molecule has 1 amide bonds. The first kappa shape index (κ1) is 17.8. The zero-order chi connectivity index (χ0) is 18.7. The summed E-state index contributed by atoms with van der Waals surface area (Å²) in [7, 11) is 0. The second kappa shape index (κ2) is 7.07. The lowest BCUT2D eigenvalue weighted by atomic mass is 10.1. The van der Waals surface area contributed by atoms with Crippen LogP contribution in [0.3, 0.4) is 0 Å². The van der Waals surface area contributed by atoms with Crippen molar-refractivity contribution in [3.63, 3.8) is 0 Å². The molecule has 4 nitrogen and oxygen atoms in total. The third-order valence-electron chi connectivity index (χ3n) is 3.76. The van der Waals surface area contributed by atoms with Crippen molar-refractivity contribution in [1.29, 1.82) is 0 Å². The van der Waals surface area contributed by atoms with Crippen molar-refractivity contribution in [3.8, 4) is 5.75 Å². The van der Waals surface area contributed by atoms with Crippen LogP contribution in [0.4, 0.5) is 17.6 Å². The summed E-state index contributed by atoms with van der Waals surface area (Å²) in [5.41, 5.74) is 1.87. The van der Waals surface area contributed by atoms with E-state index in [9.17, 15) is 22.4 Å². The predicted molar refractivity (Wildman–Crippen MR) is 87.4 cm³/mol. The molecule has 0 saturated carbocycles. The Balaban J connectivity index is 1.57. The lowest BCUT2D eigenvalue weighted by Crippen LogP contribution is -2.25. The third-order valence-corrected chi connectivity index (χ3v) is 3.76. The second-order valence-corrected chi connectivity index (χ2v) is 5.58. The highest BCUT2D eigenvalue weighted by molar-refractivity contribution is 5.94. The van der Waals surface area contributed by atoms with Crippen molar-refractivity contribution in [2.45, 2.75) is 12.8 Å². The number of alkyl halides is 3. The topological polar surface area (TPSA) is 54.1 Å². The molecule has 2 aromatic carbocycles. The maximum atomic E-state index is 13.3. The summed E-state index contributed by atoms with van der Waals surface area (Å²) < 4.78 is 53.4. The van der Waals surface area contributed by atoms with Crippen LogP contribution in [0.5, 0.6) is 5.75 Å². The van der Waals surface area contributed by atoms with E-state index in [0.717, 1.165) is 28.6 Å². The van der Waals surface area contributed by atoms with Gasteiger partial charge in [-0.05, 0) is 54.4 Å². The molecule has 0 aliphatic carbocycles. The number of nitrogens with one attached hydrogen (secondary N) is 2. The highest BCUT2D eigenvalue weighted by Crippen LogP contribution is 2.23. The van der Waals surface area contributed by atoms with E-state index < -0.39 is 18.0 Å². The van der Waals surface area contributed by atoms with Gasteiger partial charge in [-0.3, -0.25) is 4.79 Å². The zero-order valence-corrected chi connectivity index (χ0v) is 13.4. The highest BCUT2D eigenvalue weighted by Gasteiger charge is 2.31. The van der Waals surface area contributed by atoms with Crippen LogP contribution in [-0.4, -0.2) is 23.8 Å². The fraction of sp³-hybridized carbons (Fsp3) is 0.167. The van der Waals surface area contributed by atoms with Gasteiger partial charge in [-0.25, -0.2) is 4.39 Å². The number of H-pyrrole nitrogens is 1. The van der Waals surface area contributed by atoms with Crippen LogP contribution in [0.15, 0.2) is 48.7 Å². The van der Waals surface area contributed by atoms with Crippen LogP contribution in [0.2, 0.25) is 0 Å². The molecule has 2 N–H and O–H groups in total. The molecular weight excluding hydrogens is 352 g/mol. The van der Waals surface area contributed by atoms with E-state index >= 15 is 0 Å². The summed E-state index contributed by atoms with van der Waals surface area (Å²) in [5, 5.41) is 3.42. The molecule has 3 aromatic rings. The summed E-state index contributed by atoms with van der Waals surface area (Å²) in [4.78, 5) is 15.1. The normalized spacial score (nSPS) is 11.5. The van der Waals surface area contributed by atoms with Crippen molar-refractivity contribution >= 4 is 16.8 Å². The summed E-state index contributed by atoms with van der Waals surface area (Å²) in [5.74, 6) is -1.16. The average Bonchev–Trinajstić information content (AvgIpc) is 2.96. The van der Waals surface area contributed by atoms with Gasteiger partial charge in [0, 0.05) is 29.2 Å². The molecule has 0 fully saturated rings. The number of hydrogen-bond acceptors (Lipinski definition) is 2. The Morgan fingerprint density at radius 1 is 1.12 bits per heavy atom. The first-order valence-corrected chi connectivity index (χ1v) is 7.71. The van der Waals surface area contributed by atoms with Gasteiger partial charge in [0.1, 0.15) is 11.6 Å². The smallest absolute Gasteiger partial charge is 0.406 e. The Hall–Kier alpha value is -3.03. The molecule has 8 heteroatoms. The molecule has 0 spiro atoms. The minimum atomic E-state index is -4.78. The summed E-state index contributed by atoms with van der Waals surface area (Å²) >= 11 is 0. The second-order valence-electron chi connectivity index (χ2n) is 5.58. The number of amides is 1. The van der Waals surface area contributed by atoms with Crippen molar-refractivity contribution in [2.75, 3.05) is 6.54 Å². The van der Waals surface area contributed by atoms with Gasteiger partial charge in [0.2, 0.25) is 0 Å². The van der Waals surface area contributed by atoms with Gasteiger partial charge < -0.3 is 15.0 Å². The molecule has 1 aromatic heterocycles. The van der Waals surface area contributed by atoms with Crippen LogP contribution in [0.1, 0.15) is 15.9 Å². The van der Waals surface area contributed by atoms with Gasteiger partial charge in [-0.2, -0.15) is 0 Å². The number of benzene rings is 2. The fourth-order valence-electron chi connectivity index (χ4n) is 2.58. The minimum absolute atomic E-state index is 0.212. The number of aromatic amines is 1. The van der Waals surface area contributed by atoms with Crippen molar-refractivity contribution < 1.29 is 27.1 Å². The molecular formula is C18H14F4N2O2. The first-order chi connectivity index (χ1) is 12.3. The largest absolute Gasteiger partial charge is 0.573 e. The maximum absolute atomic E-state index is 13.3. The van der Waals surface area contributed by atoms with Gasteiger partial charge in [0.25, 0.3) is 5.91 Å². The molecule has 1 heterocycles. The number of hydrogen-bond donors (Lipinski definition) is 2. The van der Waals surface area contributed by atoms with Crippen LogP contribution in [0.25, 0.3) is 10.9 Å². The third kappa shape index (κ3) is 4.33. The van der Waals surface area contributed by atoms with E-state index in [1.807, 2.05) is 0 Å². The number of carbonyl (C=O) groups is 1. The maximum Gasteiger partial charge on any atom is 0.573 e. The Labute approximate surface area is 145 Å². The number of aromatic nitrogens is 1. The SMILES string of the molecule is O=C(NCCc1c[nH]c2ccc(F)cc12)c1ccc(OC(F)(F)F)cc1. The molecule has 26 heavy (non-hydrogen) atoms. The Morgan fingerprint density at radius 2 is 1.85 bits per heavy atom. The van der Waals surface area contributed by atoms with E-state index in [0.29, 0.717) is 13.0 Å². The first-order valence-electron chi connectivity index (χ1n) is 7.71. The molecule has 0 saturated heterocycles. The fourth-order valence-corrected chi connectivity index (χ4v) is 2.58. The van der Waals surface area contributed by atoms with E-state index in [1.165, 1.54) is 24.3 Å². The average molecular weight is 366 g/mol. The van der Waals surface area contributed by atoms with Crippen LogP contribution < -0.4 is 10.1 Å². The number of ether oxygens (including phenoxy) is 1. The lowest BCUT2D eigenvalue weighted by Gasteiger charge is -2.09. The summed E-state index contributed by atoms with van der Waals surface area (Å²) in [6.45, 7) is 0.295. The molecule has 0 unspecified atom stereocenters. The molecule has 0 bridgehead atoms. The predicted octanol–water partition coefficient (Wildman–Crippen LogP) is 4.18. The highest BCUT2D eigenvalue weighted by atomic mass is 19.4. The molecule has 0 radical (unpaired) electrons. The molecule has 0 aliphatic rings. The Kier molecular flexibility index (Phi) is 4.83. The summed E-state index contributed by atoms with van der Waals surface area (Å²) in [6, 6.07) is 9.06. The zero-order valence-electron chi connectivity index (χ0n) is 13.4. The molecule has 3 rings (SSSR count). The van der Waals surface area contributed by atoms with Crippen molar-refractivity contribution in [3.05, 3.63) is 65.6 Å². The van der Waals surface area contributed by atoms with Crippen LogP contribution in [0, 0.1) is 5.82 Å². The van der Waals surface area contributed by atoms with Crippen molar-refractivity contribution in [2.24, 2.45) is 0 Å². The Bertz CT molecular complexity index is 917. The molecule has 136 valence electrons.